The van der Waals surface area contributed by atoms with E-state index in [1.807, 2.05) is 39.0 Å². The first-order valence-corrected chi connectivity index (χ1v) is 7.33. The molecular formula is C16H24O4. The zero-order valence-electron chi connectivity index (χ0n) is 12.5. The molecule has 1 N–H and O–H groups in total. The zero-order chi connectivity index (χ0) is 14.6. The molecule has 2 atom stereocenters. The van der Waals surface area contributed by atoms with Crippen molar-refractivity contribution in [3.63, 3.8) is 0 Å². The molecule has 0 spiro atoms. The highest BCUT2D eigenvalue weighted by Crippen LogP contribution is 2.38. The first-order valence-electron chi connectivity index (χ1n) is 7.33. The minimum Gasteiger partial charge on any atom is -0.490 e. The van der Waals surface area contributed by atoms with Gasteiger partial charge in [-0.15, -0.1) is 0 Å². The van der Waals surface area contributed by atoms with Crippen LogP contribution >= 0.6 is 0 Å². The Bertz CT molecular complexity index is 446. The Morgan fingerprint density at radius 3 is 2.60 bits per heavy atom. The predicted molar refractivity (Wildman–Crippen MR) is 77.3 cm³/mol. The Labute approximate surface area is 120 Å². The summed E-state index contributed by atoms with van der Waals surface area (Å²) in [6.45, 7) is 7.61. The number of hydrogen-bond donors (Lipinski definition) is 1. The van der Waals surface area contributed by atoms with Crippen molar-refractivity contribution in [1.82, 2.24) is 0 Å². The van der Waals surface area contributed by atoms with Gasteiger partial charge >= 0.3 is 0 Å². The zero-order valence-corrected chi connectivity index (χ0v) is 12.5. The van der Waals surface area contributed by atoms with Crippen LogP contribution < -0.4 is 9.47 Å². The molecule has 1 saturated heterocycles. The summed E-state index contributed by atoms with van der Waals surface area (Å²) in [7, 11) is 0. The van der Waals surface area contributed by atoms with Crippen LogP contribution in [0.2, 0.25) is 0 Å². The van der Waals surface area contributed by atoms with Crippen molar-refractivity contribution in [2.24, 2.45) is 0 Å². The molecule has 20 heavy (non-hydrogen) atoms. The van der Waals surface area contributed by atoms with Gasteiger partial charge < -0.3 is 19.3 Å². The van der Waals surface area contributed by atoms with E-state index in [4.69, 9.17) is 14.2 Å². The Morgan fingerprint density at radius 1 is 1.25 bits per heavy atom. The summed E-state index contributed by atoms with van der Waals surface area (Å²) in [5, 5.41) is 10.9. The molecule has 4 nitrogen and oxygen atoms in total. The normalized spacial score (nSPS) is 26.3. The summed E-state index contributed by atoms with van der Waals surface area (Å²) in [5.41, 5.74) is 0.0356. The second-order valence-corrected chi connectivity index (χ2v) is 5.19. The molecule has 0 aliphatic carbocycles. The third kappa shape index (κ3) is 3.25. The fourth-order valence-electron chi connectivity index (χ4n) is 2.67. The van der Waals surface area contributed by atoms with Gasteiger partial charge in [-0.25, -0.2) is 0 Å². The van der Waals surface area contributed by atoms with Gasteiger partial charge in [0.1, 0.15) is 0 Å². The molecule has 2 rings (SSSR count). The molecule has 0 amide bonds. The molecule has 1 aromatic carbocycles. The average molecular weight is 280 g/mol. The van der Waals surface area contributed by atoms with Crippen molar-refractivity contribution in [3.8, 4) is 11.5 Å². The average Bonchev–Trinajstić information content (AvgIpc) is 2.41. The van der Waals surface area contributed by atoms with Gasteiger partial charge in [-0.2, -0.15) is 0 Å². The predicted octanol–water partition coefficient (Wildman–Crippen LogP) is 2.87. The summed E-state index contributed by atoms with van der Waals surface area (Å²) in [5.74, 6) is 1.42. The number of ether oxygens (including phenoxy) is 3. The fourth-order valence-corrected chi connectivity index (χ4v) is 2.67. The highest BCUT2D eigenvalue weighted by Gasteiger charge is 2.35. The maximum atomic E-state index is 10.9. The maximum absolute atomic E-state index is 10.9. The van der Waals surface area contributed by atoms with Crippen LogP contribution in [-0.2, 0) is 10.3 Å². The van der Waals surface area contributed by atoms with E-state index >= 15 is 0 Å². The van der Waals surface area contributed by atoms with Crippen LogP contribution in [0.15, 0.2) is 18.2 Å². The van der Waals surface area contributed by atoms with Crippen molar-refractivity contribution in [2.45, 2.75) is 45.3 Å². The van der Waals surface area contributed by atoms with E-state index in [0.29, 0.717) is 38.4 Å². The van der Waals surface area contributed by atoms with Crippen LogP contribution in [0, 0.1) is 0 Å². The van der Waals surface area contributed by atoms with Gasteiger partial charge in [0.15, 0.2) is 11.5 Å². The highest BCUT2D eigenvalue weighted by molar-refractivity contribution is 5.44. The van der Waals surface area contributed by atoms with Gasteiger partial charge in [0.2, 0.25) is 0 Å². The molecule has 1 aromatic rings. The number of hydrogen-bond acceptors (Lipinski definition) is 4. The van der Waals surface area contributed by atoms with Crippen LogP contribution in [0.25, 0.3) is 0 Å². The second kappa shape index (κ2) is 6.46. The van der Waals surface area contributed by atoms with E-state index in [1.165, 1.54) is 0 Å². The lowest BCUT2D eigenvalue weighted by atomic mass is 9.84. The van der Waals surface area contributed by atoms with E-state index in [9.17, 15) is 5.11 Å². The molecule has 112 valence electrons. The molecular weight excluding hydrogens is 256 g/mol. The lowest BCUT2D eigenvalue weighted by molar-refractivity contribution is -0.101. The van der Waals surface area contributed by atoms with Crippen LogP contribution in [0.5, 0.6) is 11.5 Å². The largest absolute Gasteiger partial charge is 0.490 e. The van der Waals surface area contributed by atoms with Crippen molar-refractivity contribution < 1.29 is 19.3 Å². The summed E-state index contributed by atoms with van der Waals surface area (Å²) in [6, 6.07) is 5.69. The van der Waals surface area contributed by atoms with E-state index in [-0.39, 0.29) is 6.10 Å². The van der Waals surface area contributed by atoms with Gasteiger partial charge in [0.05, 0.1) is 31.5 Å². The van der Waals surface area contributed by atoms with Crippen LogP contribution in [0.4, 0.5) is 0 Å². The fraction of sp³-hybridized carbons (Fsp3) is 0.625. The second-order valence-electron chi connectivity index (χ2n) is 5.19. The van der Waals surface area contributed by atoms with Gasteiger partial charge in [-0.05, 0) is 38.5 Å². The van der Waals surface area contributed by atoms with Gasteiger partial charge in [-0.1, -0.05) is 6.07 Å². The minimum absolute atomic E-state index is 0.0656. The molecule has 1 heterocycles. The molecule has 0 aromatic heterocycles. The first kappa shape index (κ1) is 15.1. The Hall–Kier alpha value is -1.26. The number of aliphatic hydroxyl groups is 1. The Balaban J connectivity index is 2.29. The van der Waals surface area contributed by atoms with E-state index in [0.717, 1.165) is 11.3 Å². The Morgan fingerprint density at radius 2 is 1.95 bits per heavy atom. The standard InChI is InChI=1S/C16H24O4/c1-4-18-14-7-6-13(10-15(14)19-5-2)16(17)8-9-20-12(3)11-16/h6-7,10,12,17H,4-5,8-9,11H2,1-3H3. The third-order valence-electron chi connectivity index (χ3n) is 3.62. The van der Waals surface area contributed by atoms with Gasteiger partial charge in [0, 0.05) is 12.8 Å². The minimum atomic E-state index is -0.839. The first-order chi connectivity index (χ1) is 9.59. The lowest BCUT2D eigenvalue weighted by Crippen LogP contribution is -2.37. The van der Waals surface area contributed by atoms with E-state index < -0.39 is 5.60 Å². The summed E-state index contributed by atoms with van der Waals surface area (Å²) < 4.78 is 16.7. The summed E-state index contributed by atoms with van der Waals surface area (Å²) in [4.78, 5) is 0. The quantitative estimate of drug-likeness (QED) is 0.901. The Kier molecular flexibility index (Phi) is 4.89. The molecule has 2 unspecified atom stereocenters. The molecule has 0 radical (unpaired) electrons. The van der Waals surface area contributed by atoms with Crippen molar-refractivity contribution in [3.05, 3.63) is 23.8 Å². The van der Waals surface area contributed by atoms with Gasteiger partial charge in [0.25, 0.3) is 0 Å². The lowest BCUT2D eigenvalue weighted by Gasteiger charge is -2.36. The molecule has 1 aliphatic heterocycles. The topological polar surface area (TPSA) is 47.9 Å². The summed E-state index contributed by atoms with van der Waals surface area (Å²) >= 11 is 0. The third-order valence-corrected chi connectivity index (χ3v) is 3.62. The molecule has 0 bridgehead atoms. The molecule has 4 heteroatoms. The number of rotatable bonds is 5. The maximum Gasteiger partial charge on any atom is 0.161 e. The van der Waals surface area contributed by atoms with Crippen LogP contribution in [0.3, 0.4) is 0 Å². The number of benzene rings is 1. The van der Waals surface area contributed by atoms with Gasteiger partial charge in [-0.3, -0.25) is 0 Å². The van der Waals surface area contributed by atoms with E-state index in [2.05, 4.69) is 0 Å². The molecule has 1 aliphatic rings. The summed E-state index contributed by atoms with van der Waals surface area (Å²) in [6.07, 6.45) is 1.28. The molecule has 1 fully saturated rings. The smallest absolute Gasteiger partial charge is 0.161 e. The van der Waals surface area contributed by atoms with Crippen molar-refractivity contribution >= 4 is 0 Å². The van der Waals surface area contributed by atoms with Crippen LogP contribution in [0.1, 0.15) is 39.2 Å². The molecule has 0 saturated carbocycles. The van der Waals surface area contributed by atoms with Crippen molar-refractivity contribution in [1.29, 1.82) is 0 Å². The SMILES string of the molecule is CCOc1ccc(C2(O)CCOC(C)C2)cc1OCC. The highest BCUT2D eigenvalue weighted by atomic mass is 16.5. The monoisotopic (exact) mass is 280 g/mol. The van der Waals surface area contributed by atoms with Crippen molar-refractivity contribution in [2.75, 3.05) is 19.8 Å². The van der Waals surface area contributed by atoms with Crippen LogP contribution in [-0.4, -0.2) is 31.0 Å². The van der Waals surface area contributed by atoms with E-state index in [1.54, 1.807) is 0 Å².